The van der Waals surface area contributed by atoms with E-state index >= 15 is 0 Å². The summed E-state index contributed by atoms with van der Waals surface area (Å²) in [4.78, 5) is 27.2. The van der Waals surface area contributed by atoms with Gasteiger partial charge in [-0.15, -0.1) is 6.58 Å². The van der Waals surface area contributed by atoms with Crippen LogP contribution in [0.2, 0.25) is 0 Å². The number of rotatable bonds is 4. The largest absolute Gasteiger partial charge is 0.490 e. The smallest absolute Gasteiger partial charge is 0.323 e. The maximum atomic E-state index is 13.0. The lowest BCUT2D eigenvalue weighted by Gasteiger charge is -2.27. The quantitative estimate of drug-likeness (QED) is 0.635. The van der Waals surface area contributed by atoms with Gasteiger partial charge in [0.15, 0.2) is 0 Å². The number of anilines is 3. The fraction of sp³-hybridized carbons (Fsp3) is 0.360. The number of benzene rings is 2. The van der Waals surface area contributed by atoms with Crippen LogP contribution >= 0.6 is 0 Å². The van der Waals surface area contributed by atoms with Gasteiger partial charge in [-0.2, -0.15) is 0 Å². The predicted molar refractivity (Wildman–Crippen MR) is 126 cm³/mol. The molecule has 0 fully saturated rings. The van der Waals surface area contributed by atoms with Crippen molar-refractivity contribution in [3.63, 3.8) is 0 Å². The van der Waals surface area contributed by atoms with E-state index in [1.807, 2.05) is 38.1 Å². The maximum Gasteiger partial charge on any atom is 0.323 e. The highest BCUT2D eigenvalue weighted by Crippen LogP contribution is 2.38. The number of hydrogen-bond acceptors (Lipinski definition) is 3. The van der Waals surface area contributed by atoms with Crippen molar-refractivity contribution in [1.29, 1.82) is 0 Å². The van der Waals surface area contributed by atoms with E-state index in [0.717, 1.165) is 0 Å². The van der Waals surface area contributed by atoms with Gasteiger partial charge in [0, 0.05) is 17.9 Å². The molecule has 0 spiro atoms. The number of amides is 3. The van der Waals surface area contributed by atoms with Crippen molar-refractivity contribution in [3.05, 3.63) is 60.7 Å². The molecule has 6 nitrogen and oxygen atoms in total. The molecule has 3 rings (SSSR count). The molecule has 0 saturated carbocycles. The highest BCUT2D eigenvalue weighted by molar-refractivity contribution is 6.02. The van der Waals surface area contributed by atoms with E-state index in [1.54, 1.807) is 29.2 Å². The van der Waals surface area contributed by atoms with Crippen LogP contribution in [-0.2, 0) is 10.2 Å². The molecule has 1 aliphatic rings. The summed E-state index contributed by atoms with van der Waals surface area (Å²) in [5, 5.41) is 5.68. The molecule has 0 unspecified atom stereocenters. The van der Waals surface area contributed by atoms with E-state index in [1.165, 1.54) is 5.56 Å². The van der Waals surface area contributed by atoms with Gasteiger partial charge >= 0.3 is 6.03 Å². The van der Waals surface area contributed by atoms with E-state index in [0.29, 0.717) is 29.4 Å². The number of carbonyl (C=O) groups excluding carboxylic acids is 2. The first-order valence-electron chi connectivity index (χ1n) is 10.4. The highest BCUT2D eigenvalue weighted by Gasteiger charge is 2.37. The Bertz CT molecular complexity index is 988. The molecule has 3 amide bonds. The summed E-state index contributed by atoms with van der Waals surface area (Å²) in [6.07, 6.45) is 1.68. The topological polar surface area (TPSA) is 70.7 Å². The number of fused-ring (bicyclic) bond motifs is 1. The number of nitrogens with one attached hydrogen (secondary N) is 2. The Morgan fingerprint density at radius 1 is 1.13 bits per heavy atom. The molecular weight excluding hydrogens is 390 g/mol. The molecule has 6 heteroatoms. The minimum atomic E-state index is -0.661. The average molecular weight is 422 g/mol. The van der Waals surface area contributed by atoms with Crippen LogP contribution in [0.25, 0.3) is 0 Å². The zero-order chi connectivity index (χ0) is 22.8. The van der Waals surface area contributed by atoms with E-state index in [4.69, 9.17) is 4.74 Å². The lowest BCUT2D eigenvalue weighted by molar-refractivity contribution is -0.127. The molecule has 2 aromatic rings. The van der Waals surface area contributed by atoms with Gasteiger partial charge in [-0.3, -0.25) is 4.79 Å². The van der Waals surface area contributed by atoms with Crippen LogP contribution in [-0.4, -0.2) is 25.1 Å². The van der Waals surface area contributed by atoms with Crippen molar-refractivity contribution in [1.82, 2.24) is 0 Å². The zero-order valence-corrected chi connectivity index (χ0v) is 18.9. The standard InChI is InChI=1S/C25H31N3O3/c1-7-14-28-20-15-19(12-13-21(20)31-16-25(5,6)22(28)29)27-23(30)26-18-10-8-17(9-11-18)24(2,3)4/h7-13,15H,1,14,16H2,2-6H3,(H2,26,27,30). The first-order chi connectivity index (χ1) is 14.5. The number of nitrogens with zero attached hydrogens (tertiary/aromatic N) is 1. The van der Waals surface area contributed by atoms with Crippen molar-refractivity contribution in [2.45, 2.75) is 40.0 Å². The fourth-order valence-corrected chi connectivity index (χ4v) is 3.38. The van der Waals surface area contributed by atoms with Crippen LogP contribution in [0.15, 0.2) is 55.1 Å². The second-order valence-electron chi connectivity index (χ2n) is 9.47. The highest BCUT2D eigenvalue weighted by atomic mass is 16.5. The second-order valence-corrected chi connectivity index (χ2v) is 9.47. The summed E-state index contributed by atoms with van der Waals surface area (Å²) in [5.41, 5.74) is 2.46. The summed E-state index contributed by atoms with van der Waals surface area (Å²) < 4.78 is 5.88. The molecule has 164 valence electrons. The fourth-order valence-electron chi connectivity index (χ4n) is 3.38. The number of hydrogen-bond donors (Lipinski definition) is 2. The van der Waals surface area contributed by atoms with E-state index in [2.05, 4.69) is 38.0 Å². The van der Waals surface area contributed by atoms with Gasteiger partial charge < -0.3 is 20.3 Å². The minimum absolute atomic E-state index is 0.0494. The summed E-state index contributed by atoms with van der Waals surface area (Å²) >= 11 is 0. The molecule has 0 aliphatic carbocycles. The predicted octanol–water partition coefficient (Wildman–Crippen LogP) is 5.57. The number of urea groups is 1. The van der Waals surface area contributed by atoms with Crippen molar-refractivity contribution in [2.24, 2.45) is 5.41 Å². The third kappa shape index (κ3) is 5.08. The molecule has 0 saturated heterocycles. The van der Waals surface area contributed by atoms with Gasteiger partial charge in [0.2, 0.25) is 5.91 Å². The Morgan fingerprint density at radius 2 is 1.74 bits per heavy atom. The number of ether oxygens (including phenoxy) is 1. The lowest BCUT2D eigenvalue weighted by atomic mass is 9.87. The molecule has 1 aliphatic heterocycles. The molecule has 0 bridgehead atoms. The monoisotopic (exact) mass is 421 g/mol. The minimum Gasteiger partial charge on any atom is -0.490 e. The average Bonchev–Trinajstić information content (AvgIpc) is 2.78. The van der Waals surface area contributed by atoms with Crippen LogP contribution in [0.3, 0.4) is 0 Å². The Balaban J connectivity index is 1.77. The summed E-state index contributed by atoms with van der Waals surface area (Å²) in [6.45, 7) is 14.5. The maximum absolute atomic E-state index is 13.0. The molecule has 0 aromatic heterocycles. The van der Waals surface area contributed by atoms with Gasteiger partial charge in [0.25, 0.3) is 0 Å². The lowest BCUT2D eigenvalue weighted by Crippen LogP contribution is -2.42. The van der Waals surface area contributed by atoms with Gasteiger partial charge in [-0.05, 0) is 55.2 Å². The SMILES string of the molecule is C=CCN1C(=O)C(C)(C)COc2ccc(NC(=O)Nc3ccc(C(C)(C)C)cc3)cc21. The Labute approximate surface area is 184 Å². The Morgan fingerprint density at radius 3 is 2.35 bits per heavy atom. The molecule has 2 aromatic carbocycles. The van der Waals surface area contributed by atoms with Crippen molar-refractivity contribution in [3.8, 4) is 5.75 Å². The van der Waals surface area contributed by atoms with Gasteiger partial charge in [0.1, 0.15) is 12.4 Å². The molecule has 0 radical (unpaired) electrons. The molecule has 2 N–H and O–H groups in total. The third-order valence-corrected chi connectivity index (χ3v) is 5.24. The van der Waals surface area contributed by atoms with E-state index in [9.17, 15) is 9.59 Å². The van der Waals surface area contributed by atoms with Crippen LogP contribution in [0, 0.1) is 5.41 Å². The van der Waals surface area contributed by atoms with Crippen molar-refractivity contribution >= 4 is 29.0 Å². The molecule has 31 heavy (non-hydrogen) atoms. The van der Waals surface area contributed by atoms with Crippen molar-refractivity contribution < 1.29 is 14.3 Å². The first kappa shape index (κ1) is 22.4. The normalized spacial score (nSPS) is 15.4. The van der Waals surface area contributed by atoms with E-state index < -0.39 is 5.41 Å². The Kier molecular flexibility index (Phi) is 6.11. The van der Waals surface area contributed by atoms with Crippen LogP contribution in [0.1, 0.15) is 40.2 Å². The van der Waals surface area contributed by atoms with Gasteiger partial charge in [-0.25, -0.2) is 4.79 Å². The molecule has 0 atom stereocenters. The van der Waals surface area contributed by atoms with Gasteiger partial charge in [0.05, 0.1) is 11.1 Å². The third-order valence-electron chi connectivity index (χ3n) is 5.24. The van der Waals surface area contributed by atoms with E-state index in [-0.39, 0.29) is 24.0 Å². The van der Waals surface area contributed by atoms with Crippen molar-refractivity contribution in [2.75, 3.05) is 28.7 Å². The van der Waals surface area contributed by atoms with Gasteiger partial charge in [-0.1, -0.05) is 39.0 Å². The number of carbonyl (C=O) groups is 2. The first-order valence-corrected chi connectivity index (χ1v) is 10.4. The second kappa shape index (κ2) is 8.46. The Hall–Kier alpha value is -3.28. The summed E-state index contributed by atoms with van der Waals surface area (Å²) in [6, 6.07) is 12.7. The van der Waals surface area contributed by atoms with Crippen LogP contribution in [0.5, 0.6) is 5.75 Å². The summed E-state index contributed by atoms with van der Waals surface area (Å²) in [7, 11) is 0. The van der Waals surface area contributed by atoms with Crippen LogP contribution < -0.4 is 20.3 Å². The molecule has 1 heterocycles. The van der Waals surface area contributed by atoms with Crippen LogP contribution in [0.4, 0.5) is 21.9 Å². The molecular formula is C25H31N3O3. The zero-order valence-electron chi connectivity index (χ0n) is 18.9. The summed E-state index contributed by atoms with van der Waals surface area (Å²) in [5.74, 6) is 0.552.